The van der Waals surface area contributed by atoms with Gasteiger partial charge in [-0.05, 0) is 33.6 Å². The van der Waals surface area contributed by atoms with Crippen LogP contribution in [0, 0.1) is 5.41 Å². The summed E-state index contributed by atoms with van der Waals surface area (Å²) in [6.45, 7) is 13.0. The number of hydrogen-bond donors (Lipinski definition) is 1. The summed E-state index contributed by atoms with van der Waals surface area (Å²) >= 11 is 0. The maximum absolute atomic E-state index is 6.14. The lowest BCUT2D eigenvalue weighted by Gasteiger charge is -2.54. The molecule has 110 valence electrons. The quantitative estimate of drug-likeness (QED) is 0.834. The second-order valence-corrected chi connectivity index (χ2v) is 7.45. The van der Waals surface area contributed by atoms with Crippen LogP contribution in [0.5, 0.6) is 0 Å². The zero-order chi connectivity index (χ0) is 14.3. The average molecular weight is 267 g/mol. The summed E-state index contributed by atoms with van der Waals surface area (Å²) in [4.78, 5) is 6.81. The number of nitrogens with zero attached hydrogens (tertiary/aromatic N) is 2. The minimum Gasteiger partial charge on any atom is -0.372 e. The van der Waals surface area contributed by atoms with Crippen LogP contribution in [-0.2, 0) is 4.74 Å². The van der Waals surface area contributed by atoms with Crippen molar-refractivity contribution in [2.45, 2.75) is 65.2 Å². The van der Waals surface area contributed by atoms with Gasteiger partial charge in [0, 0.05) is 31.6 Å². The molecule has 1 N–H and O–H groups in total. The highest BCUT2D eigenvalue weighted by Gasteiger charge is 2.50. The van der Waals surface area contributed by atoms with Crippen molar-refractivity contribution < 1.29 is 4.74 Å². The van der Waals surface area contributed by atoms with E-state index in [1.165, 1.54) is 0 Å². The summed E-state index contributed by atoms with van der Waals surface area (Å²) in [5.41, 5.74) is 0.0974. The molecule has 0 aromatic rings. The Bertz CT molecular complexity index is 357. The van der Waals surface area contributed by atoms with Gasteiger partial charge in [0.05, 0.1) is 11.7 Å². The Labute approximate surface area is 117 Å². The summed E-state index contributed by atoms with van der Waals surface area (Å²) in [5, 5.41) is 3.61. The Morgan fingerprint density at radius 1 is 1.37 bits per heavy atom. The smallest absolute Gasteiger partial charge is 0.193 e. The Balaban J connectivity index is 1.92. The Morgan fingerprint density at radius 2 is 2.05 bits per heavy atom. The van der Waals surface area contributed by atoms with Gasteiger partial charge in [-0.3, -0.25) is 4.99 Å². The zero-order valence-corrected chi connectivity index (χ0v) is 13.3. The van der Waals surface area contributed by atoms with E-state index in [0.29, 0.717) is 12.1 Å². The topological polar surface area (TPSA) is 36.9 Å². The van der Waals surface area contributed by atoms with Crippen LogP contribution in [0.2, 0.25) is 0 Å². The molecular formula is C15H29N3O. The van der Waals surface area contributed by atoms with Crippen LogP contribution in [-0.4, -0.2) is 48.7 Å². The monoisotopic (exact) mass is 267 g/mol. The first-order valence-electron chi connectivity index (χ1n) is 7.40. The second kappa shape index (κ2) is 4.97. The van der Waals surface area contributed by atoms with Gasteiger partial charge in [-0.25, -0.2) is 0 Å². The van der Waals surface area contributed by atoms with Gasteiger partial charge in [0.1, 0.15) is 0 Å². The standard InChI is InChI=1S/C15H29N3O/c1-14(2,3)19-12-10-11(15(12,4)5)17-13-16-8-7-9-18(13)6/h11-12H,7-10H2,1-6H3,(H,16,17)/t11-,12+/m1/s1. The first-order valence-corrected chi connectivity index (χ1v) is 7.40. The maximum atomic E-state index is 6.14. The maximum Gasteiger partial charge on any atom is 0.193 e. The number of hydrogen-bond acceptors (Lipinski definition) is 4. The molecule has 2 atom stereocenters. The fourth-order valence-electron chi connectivity index (χ4n) is 2.79. The van der Waals surface area contributed by atoms with Crippen molar-refractivity contribution in [3.63, 3.8) is 0 Å². The van der Waals surface area contributed by atoms with Crippen LogP contribution in [0.25, 0.3) is 0 Å². The van der Waals surface area contributed by atoms with Gasteiger partial charge in [0.25, 0.3) is 0 Å². The molecule has 2 aliphatic rings. The van der Waals surface area contributed by atoms with Crippen LogP contribution in [0.4, 0.5) is 0 Å². The highest BCUT2D eigenvalue weighted by Crippen LogP contribution is 2.44. The van der Waals surface area contributed by atoms with Crippen molar-refractivity contribution in [3.8, 4) is 0 Å². The summed E-state index contributed by atoms with van der Waals surface area (Å²) in [7, 11) is 2.11. The summed E-state index contributed by atoms with van der Waals surface area (Å²) < 4.78 is 6.14. The van der Waals surface area contributed by atoms with E-state index in [1.54, 1.807) is 0 Å². The van der Waals surface area contributed by atoms with E-state index < -0.39 is 0 Å². The third-order valence-corrected chi connectivity index (χ3v) is 4.25. The highest BCUT2D eigenvalue weighted by atomic mass is 16.5. The molecule has 1 heterocycles. The van der Waals surface area contributed by atoms with Gasteiger partial charge in [0.2, 0.25) is 0 Å². The first-order chi connectivity index (χ1) is 8.70. The van der Waals surface area contributed by atoms with Gasteiger partial charge in [-0.15, -0.1) is 0 Å². The Morgan fingerprint density at radius 3 is 2.58 bits per heavy atom. The predicted octanol–water partition coefficient (Wildman–Crippen LogP) is 2.25. The molecule has 0 bridgehead atoms. The molecule has 0 saturated heterocycles. The SMILES string of the molecule is CN1CCCN=C1N[C@@H]1C[C@H](OC(C)(C)C)C1(C)C. The van der Waals surface area contributed by atoms with E-state index in [1.807, 2.05) is 0 Å². The largest absolute Gasteiger partial charge is 0.372 e. The van der Waals surface area contributed by atoms with Crippen molar-refractivity contribution in [3.05, 3.63) is 0 Å². The lowest BCUT2D eigenvalue weighted by atomic mass is 9.64. The molecule has 2 rings (SSSR count). The fraction of sp³-hybridized carbons (Fsp3) is 0.933. The van der Waals surface area contributed by atoms with Gasteiger partial charge in [0.15, 0.2) is 5.96 Å². The molecule has 4 heteroatoms. The first kappa shape index (κ1) is 14.6. The lowest BCUT2D eigenvalue weighted by molar-refractivity contribution is -0.170. The molecule has 1 saturated carbocycles. The summed E-state index contributed by atoms with van der Waals surface area (Å²) in [5.74, 6) is 1.05. The molecule has 19 heavy (non-hydrogen) atoms. The summed E-state index contributed by atoms with van der Waals surface area (Å²) in [6, 6.07) is 0.458. The van der Waals surface area contributed by atoms with Crippen LogP contribution in [0.15, 0.2) is 4.99 Å². The van der Waals surface area contributed by atoms with Crippen molar-refractivity contribution in [1.29, 1.82) is 0 Å². The lowest BCUT2D eigenvalue weighted by Crippen LogP contribution is -2.64. The fourth-order valence-corrected chi connectivity index (χ4v) is 2.79. The highest BCUT2D eigenvalue weighted by molar-refractivity contribution is 5.80. The molecule has 4 nitrogen and oxygen atoms in total. The number of rotatable bonds is 2. The number of nitrogens with one attached hydrogen (secondary N) is 1. The van der Waals surface area contributed by atoms with E-state index in [-0.39, 0.29) is 11.0 Å². The van der Waals surface area contributed by atoms with Crippen LogP contribution in [0.3, 0.4) is 0 Å². The molecular weight excluding hydrogens is 238 g/mol. The van der Waals surface area contributed by atoms with Gasteiger partial charge in [-0.1, -0.05) is 13.8 Å². The predicted molar refractivity (Wildman–Crippen MR) is 79.5 cm³/mol. The van der Waals surface area contributed by atoms with E-state index in [0.717, 1.165) is 31.9 Å². The second-order valence-electron chi connectivity index (χ2n) is 7.45. The van der Waals surface area contributed by atoms with E-state index >= 15 is 0 Å². The van der Waals surface area contributed by atoms with E-state index in [2.05, 4.69) is 56.9 Å². The van der Waals surface area contributed by atoms with Crippen molar-refractivity contribution in [1.82, 2.24) is 10.2 Å². The number of ether oxygens (including phenoxy) is 1. The minimum atomic E-state index is -0.0634. The molecule has 0 amide bonds. The van der Waals surface area contributed by atoms with Gasteiger partial charge in [-0.2, -0.15) is 0 Å². The van der Waals surface area contributed by atoms with Gasteiger partial charge >= 0.3 is 0 Å². The zero-order valence-electron chi connectivity index (χ0n) is 13.3. The molecule has 1 aliphatic carbocycles. The third kappa shape index (κ3) is 3.22. The van der Waals surface area contributed by atoms with Crippen LogP contribution < -0.4 is 5.32 Å². The van der Waals surface area contributed by atoms with Crippen molar-refractivity contribution in [2.24, 2.45) is 10.4 Å². The Kier molecular flexibility index (Phi) is 3.83. The molecule has 0 radical (unpaired) electrons. The summed E-state index contributed by atoms with van der Waals surface area (Å²) in [6.07, 6.45) is 2.56. The molecule has 0 aromatic carbocycles. The molecule has 0 spiro atoms. The van der Waals surface area contributed by atoms with Crippen LogP contribution >= 0.6 is 0 Å². The molecule has 1 aliphatic heterocycles. The van der Waals surface area contributed by atoms with E-state index in [4.69, 9.17) is 4.74 Å². The normalized spacial score (nSPS) is 30.6. The number of aliphatic imine (C=N–C) groups is 1. The van der Waals surface area contributed by atoms with E-state index in [9.17, 15) is 0 Å². The average Bonchev–Trinajstić information content (AvgIpc) is 2.28. The minimum absolute atomic E-state index is 0.0634. The van der Waals surface area contributed by atoms with Crippen molar-refractivity contribution >= 4 is 5.96 Å². The molecule has 1 fully saturated rings. The third-order valence-electron chi connectivity index (χ3n) is 4.25. The van der Waals surface area contributed by atoms with Crippen molar-refractivity contribution in [2.75, 3.05) is 20.1 Å². The molecule has 0 aromatic heterocycles. The van der Waals surface area contributed by atoms with Gasteiger partial charge < -0.3 is 15.0 Å². The molecule has 0 unspecified atom stereocenters. The number of guanidine groups is 1. The Hall–Kier alpha value is -0.770. The van der Waals surface area contributed by atoms with Crippen LogP contribution in [0.1, 0.15) is 47.5 Å².